The molecule has 1 rings (SSSR count). The Hall–Kier alpha value is -2.31. The highest BCUT2D eigenvalue weighted by molar-refractivity contribution is 5.87. The van der Waals surface area contributed by atoms with Gasteiger partial charge in [-0.05, 0) is 36.3 Å². The maximum atomic E-state index is 12.6. The zero-order chi connectivity index (χ0) is 16.0. The number of carbonyl (C=O) groups is 2. The van der Waals surface area contributed by atoms with E-state index < -0.39 is 30.1 Å². The highest BCUT2D eigenvalue weighted by Gasteiger charge is 2.30. The number of esters is 1. The van der Waals surface area contributed by atoms with Gasteiger partial charge in [0.25, 0.3) is 0 Å². The summed E-state index contributed by atoms with van der Waals surface area (Å²) in [6, 6.07) is 2.69. The van der Waals surface area contributed by atoms with Gasteiger partial charge in [0.05, 0.1) is 18.6 Å². The van der Waals surface area contributed by atoms with Gasteiger partial charge >= 0.3 is 18.1 Å². The molecule has 0 aromatic heterocycles. The fraction of sp³-hybridized carbons (Fsp3) is 0.286. The summed E-state index contributed by atoms with van der Waals surface area (Å²) >= 11 is 0. The predicted octanol–water partition coefficient (Wildman–Crippen LogP) is 2.91. The zero-order valence-corrected chi connectivity index (χ0v) is 11.1. The summed E-state index contributed by atoms with van der Waals surface area (Å²) in [5.41, 5.74) is -0.725. The van der Waals surface area contributed by atoms with E-state index in [2.05, 4.69) is 4.74 Å². The number of halogens is 3. The summed E-state index contributed by atoms with van der Waals surface area (Å²) in [7, 11) is 0. The first-order chi connectivity index (χ1) is 9.74. The van der Waals surface area contributed by atoms with E-state index in [4.69, 9.17) is 5.11 Å². The van der Waals surface area contributed by atoms with Crippen molar-refractivity contribution in [2.24, 2.45) is 0 Å². The molecule has 1 aromatic rings. The summed E-state index contributed by atoms with van der Waals surface area (Å²) < 4.78 is 42.6. The second-order valence-electron chi connectivity index (χ2n) is 4.07. The molecule has 7 heteroatoms. The molecule has 0 spiro atoms. The predicted molar refractivity (Wildman–Crippen MR) is 68.5 cm³/mol. The van der Waals surface area contributed by atoms with E-state index in [1.54, 1.807) is 6.92 Å². The number of hydrogen-bond donors (Lipinski definition) is 1. The first kappa shape index (κ1) is 16.7. The quantitative estimate of drug-likeness (QED) is 0.671. The number of rotatable bonds is 5. The fourth-order valence-corrected chi connectivity index (χ4v) is 1.60. The SMILES string of the molecule is CCOC(=O)/C=C/c1cc(C(F)(F)F)ccc1CC(=O)O. The zero-order valence-electron chi connectivity index (χ0n) is 11.1. The Bertz CT molecular complexity index is 562. The molecule has 0 fully saturated rings. The molecule has 0 amide bonds. The van der Waals surface area contributed by atoms with Crippen molar-refractivity contribution in [1.29, 1.82) is 0 Å². The summed E-state index contributed by atoms with van der Waals surface area (Å²) in [6.07, 6.45) is -2.91. The van der Waals surface area contributed by atoms with Gasteiger partial charge in [-0.15, -0.1) is 0 Å². The minimum absolute atomic E-state index is 0.0141. The van der Waals surface area contributed by atoms with Crippen molar-refractivity contribution >= 4 is 18.0 Å². The Morgan fingerprint density at radius 1 is 1.33 bits per heavy atom. The molecule has 0 aliphatic carbocycles. The molecule has 1 aromatic carbocycles. The summed E-state index contributed by atoms with van der Waals surface area (Å²) in [5.74, 6) is -1.89. The van der Waals surface area contributed by atoms with Crippen LogP contribution < -0.4 is 0 Å². The van der Waals surface area contributed by atoms with Gasteiger partial charge in [-0.25, -0.2) is 4.79 Å². The average Bonchev–Trinajstić information content (AvgIpc) is 2.36. The molecular formula is C14H13F3O4. The normalized spacial score (nSPS) is 11.6. The van der Waals surface area contributed by atoms with E-state index in [1.807, 2.05) is 0 Å². The van der Waals surface area contributed by atoms with Gasteiger partial charge in [0.15, 0.2) is 0 Å². The van der Waals surface area contributed by atoms with E-state index in [0.717, 1.165) is 30.4 Å². The van der Waals surface area contributed by atoms with Gasteiger partial charge in [-0.3, -0.25) is 4.79 Å². The van der Waals surface area contributed by atoms with Crippen LogP contribution in [0.4, 0.5) is 13.2 Å². The number of carbonyl (C=O) groups excluding carboxylic acids is 1. The molecule has 4 nitrogen and oxygen atoms in total. The van der Waals surface area contributed by atoms with E-state index in [-0.39, 0.29) is 17.7 Å². The van der Waals surface area contributed by atoms with E-state index >= 15 is 0 Å². The maximum absolute atomic E-state index is 12.6. The van der Waals surface area contributed by atoms with Crippen LogP contribution in [0.3, 0.4) is 0 Å². The van der Waals surface area contributed by atoms with E-state index in [0.29, 0.717) is 0 Å². The minimum atomic E-state index is -4.55. The highest BCUT2D eigenvalue weighted by atomic mass is 19.4. The topological polar surface area (TPSA) is 63.6 Å². The van der Waals surface area contributed by atoms with Crippen LogP contribution in [0.2, 0.25) is 0 Å². The van der Waals surface area contributed by atoms with Gasteiger partial charge in [-0.2, -0.15) is 13.2 Å². The van der Waals surface area contributed by atoms with Crippen molar-refractivity contribution in [3.63, 3.8) is 0 Å². The first-order valence-electron chi connectivity index (χ1n) is 6.00. The van der Waals surface area contributed by atoms with Gasteiger partial charge in [-0.1, -0.05) is 6.07 Å². The Morgan fingerprint density at radius 3 is 2.52 bits per heavy atom. The molecule has 0 saturated heterocycles. The standard InChI is InChI=1S/C14H13F3O4/c1-2-21-13(20)6-4-9-7-11(14(15,16)17)5-3-10(9)8-12(18)19/h3-7H,2,8H2,1H3,(H,18,19)/b6-4+. The van der Waals surface area contributed by atoms with Gasteiger partial charge in [0, 0.05) is 6.08 Å². The highest BCUT2D eigenvalue weighted by Crippen LogP contribution is 2.31. The van der Waals surface area contributed by atoms with Crippen molar-refractivity contribution in [3.05, 3.63) is 41.0 Å². The minimum Gasteiger partial charge on any atom is -0.481 e. The Kier molecular flexibility index (Phi) is 5.52. The molecule has 0 atom stereocenters. The lowest BCUT2D eigenvalue weighted by molar-refractivity contribution is -0.138. The van der Waals surface area contributed by atoms with Crippen LogP contribution in [0.5, 0.6) is 0 Å². The Balaban J connectivity index is 3.16. The van der Waals surface area contributed by atoms with Crippen LogP contribution in [0.1, 0.15) is 23.6 Å². The number of carboxylic acids is 1. The summed E-state index contributed by atoms with van der Waals surface area (Å²) in [4.78, 5) is 21.9. The van der Waals surface area contributed by atoms with Crippen molar-refractivity contribution < 1.29 is 32.6 Å². The summed E-state index contributed by atoms with van der Waals surface area (Å²) in [6.45, 7) is 1.72. The number of aliphatic carboxylic acids is 1. The third kappa shape index (κ3) is 5.29. The molecule has 0 heterocycles. The van der Waals surface area contributed by atoms with Gasteiger partial charge in [0.1, 0.15) is 0 Å². The summed E-state index contributed by atoms with van der Waals surface area (Å²) in [5, 5.41) is 8.74. The maximum Gasteiger partial charge on any atom is 0.416 e. The number of carboxylic acid groups (broad SMARTS) is 1. The van der Waals surface area contributed by atoms with Gasteiger partial charge < -0.3 is 9.84 Å². The molecule has 21 heavy (non-hydrogen) atoms. The number of benzene rings is 1. The van der Waals surface area contributed by atoms with Crippen LogP contribution in [-0.2, 0) is 26.9 Å². The number of alkyl halides is 3. The number of ether oxygens (including phenoxy) is 1. The molecule has 114 valence electrons. The van der Waals surface area contributed by atoms with E-state index in [1.165, 1.54) is 0 Å². The molecule has 0 radical (unpaired) electrons. The van der Waals surface area contributed by atoms with Crippen LogP contribution in [0, 0.1) is 0 Å². The van der Waals surface area contributed by atoms with Crippen molar-refractivity contribution in [3.8, 4) is 0 Å². The second kappa shape index (κ2) is 6.92. The molecule has 1 N–H and O–H groups in total. The molecule has 0 aliphatic rings. The lowest BCUT2D eigenvalue weighted by atomic mass is 10.0. The van der Waals surface area contributed by atoms with E-state index in [9.17, 15) is 22.8 Å². The lowest BCUT2D eigenvalue weighted by Crippen LogP contribution is -2.08. The molecule has 0 bridgehead atoms. The molecular weight excluding hydrogens is 289 g/mol. The molecule has 0 saturated carbocycles. The smallest absolute Gasteiger partial charge is 0.416 e. The largest absolute Gasteiger partial charge is 0.481 e. The monoisotopic (exact) mass is 302 g/mol. The van der Waals surface area contributed by atoms with Crippen LogP contribution >= 0.6 is 0 Å². The molecule has 0 unspecified atom stereocenters. The third-order valence-corrected chi connectivity index (χ3v) is 2.50. The Labute approximate surface area is 118 Å². The molecule has 0 aliphatic heterocycles. The van der Waals surface area contributed by atoms with Crippen LogP contribution in [-0.4, -0.2) is 23.7 Å². The average molecular weight is 302 g/mol. The lowest BCUT2D eigenvalue weighted by Gasteiger charge is -2.10. The van der Waals surface area contributed by atoms with Gasteiger partial charge in [0.2, 0.25) is 0 Å². The third-order valence-electron chi connectivity index (χ3n) is 2.50. The second-order valence-corrected chi connectivity index (χ2v) is 4.07. The fourth-order valence-electron chi connectivity index (χ4n) is 1.60. The first-order valence-corrected chi connectivity index (χ1v) is 6.00. The number of hydrogen-bond acceptors (Lipinski definition) is 3. The van der Waals surface area contributed by atoms with Crippen LogP contribution in [0.25, 0.3) is 6.08 Å². The van der Waals surface area contributed by atoms with Crippen molar-refractivity contribution in [2.75, 3.05) is 6.61 Å². The van der Waals surface area contributed by atoms with Crippen molar-refractivity contribution in [2.45, 2.75) is 19.5 Å². The van der Waals surface area contributed by atoms with Crippen molar-refractivity contribution in [1.82, 2.24) is 0 Å². The van der Waals surface area contributed by atoms with Crippen LogP contribution in [0.15, 0.2) is 24.3 Å². The Morgan fingerprint density at radius 2 is 2.00 bits per heavy atom.